The highest BCUT2D eigenvalue weighted by atomic mass is 19.1. The second kappa shape index (κ2) is 7.14. The number of halogens is 1. The van der Waals surface area contributed by atoms with E-state index in [4.69, 9.17) is 9.31 Å². The van der Waals surface area contributed by atoms with Crippen molar-refractivity contribution in [1.82, 2.24) is 9.80 Å². The van der Waals surface area contributed by atoms with Gasteiger partial charge in [-0.2, -0.15) is 0 Å². The van der Waals surface area contributed by atoms with E-state index in [1.807, 2.05) is 33.8 Å². The third-order valence-electron chi connectivity index (χ3n) is 6.69. The van der Waals surface area contributed by atoms with Crippen molar-refractivity contribution in [3.05, 3.63) is 29.6 Å². The van der Waals surface area contributed by atoms with Gasteiger partial charge in [0.15, 0.2) is 0 Å². The van der Waals surface area contributed by atoms with E-state index in [-0.39, 0.29) is 5.82 Å². The third-order valence-corrected chi connectivity index (χ3v) is 6.69. The maximum absolute atomic E-state index is 14.0. The zero-order valence-corrected chi connectivity index (χ0v) is 17.1. The van der Waals surface area contributed by atoms with Crippen molar-refractivity contribution in [1.29, 1.82) is 0 Å². The fourth-order valence-electron chi connectivity index (χ4n) is 3.94. The van der Waals surface area contributed by atoms with Gasteiger partial charge in [-0.05, 0) is 69.6 Å². The molecule has 0 spiro atoms. The minimum Gasteiger partial charge on any atom is -0.399 e. The molecule has 2 aliphatic heterocycles. The Labute approximate surface area is 163 Å². The van der Waals surface area contributed by atoms with Crippen molar-refractivity contribution < 1.29 is 13.7 Å². The first-order chi connectivity index (χ1) is 12.7. The van der Waals surface area contributed by atoms with Crippen LogP contribution >= 0.6 is 0 Å². The molecule has 1 aliphatic carbocycles. The Bertz CT molecular complexity index is 669. The Morgan fingerprint density at radius 2 is 1.59 bits per heavy atom. The molecule has 1 aromatic carbocycles. The topological polar surface area (TPSA) is 24.9 Å². The van der Waals surface area contributed by atoms with Crippen LogP contribution in [0.4, 0.5) is 4.39 Å². The fraction of sp³-hybridized carbons (Fsp3) is 0.714. The first-order valence-electron chi connectivity index (χ1n) is 10.3. The first-order valence-corrected chi connectivity index (χ1v) is 10.3. The molecule has 4 nitrogen and oxygen atoms in total. The summed E-state index contributed by atoms with van der Waals surface area (Å²) in [5.74, 6) is 0.710. The number of hydrogen-bond donors (Lipinski definition) is 0. The Morgan fingerprint density at radius 3 is 2.19 bits per heavy atom. The predicted octanol–water partition coefficient (Wildman–Crippen LogP) is 2.65. The lowest BCUT2D eigenvalue weighted by Gasteiger charge is -2.35. The van der Waals surface area contributed by atoms with Gasteiger partial charge in [-0.25, -0.2) is 4.39 Å². The van der Waals surface area contributed by atoms with Crippen LogP contribution in [-0.2, 0) is 15.9 Å². The van der Waals surface area contributed by atoms with Crippen LogP contribution in [0, 0.1) is 11.7 Å². The van der Waals surface area contributed by atoms with Crippen LogP contribution in [0.5, 0.6) is 0 Å². The molecule has 1 saturated carbocycles. The summed E-state index contributed by atoms with van der Waals surface area (Å²) < 4.78 is 26.4. The molecule has 0 radical (unpaired) electrons. The lowest BCUT2D eigenvalue weighted by atomic mass is 9.75. The second-order valence-corrected chi connectivity index (χ2v) is 9.45. The average Bonchev–Trinajstić information content (AvgIpc) is 3.37. The van der Waals surface area contributed by atoms with E-state index in [1.54, 1.807) is 12.1 Å². The van der Waals surface area contributed by atoms with Gasteiger partial charge in [-0.3, -0.25) is 4.90 Å². The lowest BCUT2D eigenvalue weighted by molar-refractivity contribution is 0.00578. The molecule has 0 aromatic heterocycles. The van der Waals surface area contributed by atoms with Crippen LogP contribution < -0.4 is 5.46 Å². The summed E-state index contributed by atoms with van der Waals surface area (Å²) in [6, 6.07) is 5.03. The molecule has 0 unspecified atom stereocenters. The van der Waals surface area contributed by atoms with Crippen molar-refractivity contribution in [2.45, 2.75) is 58.3 Å². The average molecular weight is 374 g/mol. The highest BCUT2D eigenvalue weighted by Crippen LogP contribution is 2.37. The Morgan fingerprint density at radius 1 is 1.00 bits per heavy atom. The van der Waals surface area contributed by atoms with E-state index < -0.39 is 18.3 Å². The molecule has 148 valence electrons. The summed E-state index contributed by atoms with van der Waals surface area (Å²) in [7, 11) is -0.517. The van der Waals surface area contributed by atoms with Gasteiger partial charge in [0.05, 0.1) is 11.2 Å². The summed E-state index contributed by atoms with van der Waals surface area (Å²) in [6.45, 7) is 14.6. The zero-order valence-electron chi connectivity index (χ0n) is 17.1. The van der Waals surface area contributed by atoms with Crippen LogP contribution in [0.2, 0.25) is 0 Å². The van der Waals surface area contributed by atoms with Gasteiger partial charge in [0.1, 0.15) is 5.82 Å². The van der Waals surface area contributed by atoms with Gasteiger partial charge in [-0.15, -0.1) is 0 Å². The molecule has 0 N–H and O–H groups in total. The minimum atomic E-state index is -0.517. The highest BCUT2D eigenvalue weighted by Gasteiger charge is 2.52. The summed E-state index contributed by atoms with van der Waals surface area (Å²) >= 11 is 0. The van der Waals surface area contributed by atoms with Crippen LogP contribution in [0.25, 0.3) is 0 Å². The normalized spacial score (nSPS) is 25.9. The molecular weight excluding hydrogens is 342 g/mol. The fourth-order valence-corrected chi connectivity index (χ4v) is 3.94. The molecule has 2 heterocycles. The minimum absolute atomic E-state index is 0.238. The van der Waals surface area contributed by atoms with Gasteiger partial charge < -0.3 is 14.2 Å². The summed E-state index contributed by atoms with van der Waals surface area (Å²) in [4.78, 5) is 5.05. The summed E-state index contributed by atoms with van der Waals surface area (Å²) in [5.41, 5.74) is 1.09. The Hall–Kier alpha value is -0.945. The molecule has 6 heteroatoms. The van der Waals surface area contributed by atoms with Crippen molar-refractivity contribution >= 4 is 12.6 Å². The van der Waals surface area contributed by atoms with E-state index >= 15 is 0 Å². The first kappa shape index (κ1) is 19.4. The van der Waals surface area contributed by atoms with Crippen LogP contribution in [0.1, 0.15) is 46.1 Å². The van der Waals surface area contributed by atoms with Gasteiger partial charge in [0, 0.05) is 39.3 Å². The third kappa shape index (κ3) is 4.24. The largest absolute Gasteiger partial charge is 0.495 e. The molecular formula is C21H32BFN2O2. The zero-order chi connectivity index (χ0) is 19.2. The molecule has 0 bridgehead atoms. The van der Waals surface area contributed by atoms with E-state index in [1.165, 1.54) is 19.4 Å². The van der Waals surface area contributed by atoms with Crippen molar-refractivity contribution in [3.63, 3.8) is 0 Å². The molecule has 1 aromatic rings. The van der Waals surface area contributed by atoms with Gasteiger partial charge in [0.2, 0.25) is 0 Å². The molecule has 0 atom stereocenters. The molecule has 2 saturated heterocycles. The summed E-state index contributed by atoms with van der Waals surface area (Å²) in [5, 5.41) is 0. The molecule has 27 heavy (non-hydrogen) atoms. The number of nitrogens with zero attached hydrogens (tertiary/aromatic N) is 2. The molecule has 4 rings (SSSR count). The van der Waals surface area contributed by atoms with Crippen molar-refractivity contribution in [2.24, 2.45) is 5.92 Å². The molecule has 3 aliphatic rings. The number of rotatable bonds is 5. The maximum Gasteiger partial charge on any atom is 0.495 e. The highest BCUT2D eigenvalue weighted by molar-refractivity contribution is 6.62. The van der Waals surface area contributed by atoms with Gasteiger partial charge in [-0.1, -0.05) is 6.07 Å². The van der Waals surface area contributed by atoms with Crippen molar-refractivity contribution in [3.8, 4) is 0 Å². The Balaban J connectivity index is 1.44. The lowest BCUT2D eigenvalue weighted by Crippen LogP contribution is -2.47. The second-order valence-electron chi connectivity index (χ2n) is 9.45. The Kier molecular flexibility index (Phi) is 5.12. The SMILES string of the molecule is CC1(C)OB(c2cc(F)ccc2CN2CCN(CC3CC3)CC2)OC1(C)C. The van der Waals surface area contributed by atoms with E-state index in [0.717, 1.165) is 49.7 Å². The quantitative estimate of drug-likeness (QED) is 0.740. The van der Waals surface area contributed by atoms with E-state index in [0.29, 0.717) is 0 Å². The number of hydrogen-bond acceptors (Lipinski definition) is 4. The standard InChI is InChI=1S/C21H32BFN2O2/c1-20(2)21(3,4)27-22(26-20)19-13-18(23)8-7-17(19)15-25-11-9-24(10-12-25)14-16-5-6-16/h7-8,13,16H,5-6,9-12,14-15H2,1-4H3. The molecule has 3 fully saturated rings. The van der Waals surface area contributed by atoms with Crippen LogP contribution in [0.15, 0.2) is 18.2 Å². The van der Waals surface area contributed by atoms with Crippen LogP contribution in [0.3, 0.4) is 0 Å². The summed E-state index contributed by atoms with van der Waals surface area (Å²) in [6.07, 6.45) is 2.82. The van der Waals surface area contributed by atoms with Gasteiger partial charge in [0.25, 0.3) is 0 Å². The van der Waals surface area contributed by atoms with Gasteiger partial charge >= 0.3 is 7.12 Å². The number of benzene rings is 1. The smallest absolute Gasteiger partial charge is 0.399 e. The molecule has 0 amide bonds. The maximum atomic E-state index is 14.0. The van der Waals surface area contributed by atoms with E-state index in [2.05, 4.69) is 9.80 Å². The van der Waals surface area contributed by atoms with E-state index in [9.17, 15) is 4.39 Å². The number of piperazine rings is 1. The monoisotopic (exact) mass is 374 g/mol. The predicted molar refractivity (Wildman–Crippen MR) is 107 cm³/mol. The van der Waals surface area contributed by atoms with Crippen LogP contribution in [-0.4, -0.2) is 60.8 Å². The van der Waals surface area contributed by atoms with Crippen molar-refractivity contribution in [2.75, 3.05) is 32.7 Å².